The van der Waals surface area contributed by atoms with Crippen LogP contribution < -0.4 is 10.6 Å². The van der Waals surface area contributed by atoms with E-state index in [1.54, 1.807) is 6.26 Å². The molecular formula is C17H26N6O2. The molecule has 1 aliphatic heterocycles. The van der Waals surface area contributed by atoms with Gasteiger partial charge in [-0.15, -0.1) is 10.2 Å². The number of rotatable bonds is 6. The van der Waals surface area contributed by atoms with Crippen LogP contribution in [0.1, 0.15) is 42.7 Å². The number of hydrogen-bond donors (Lipinski definition) is 2. The third-order valence-electron chi connectivity index (χ3n) is 4.54. The van der Waals surface area contributed by atoms with E-state index < -0.39 is 0 Å². The summed E-state index contributed by atoms with van der Waals surface area (Å²) in [5, 5.41) is 14.2. The van der Waals surface area contributed by atoms with E-state index in [0.717, 1.165) is 43.2 Å². The van der Waals surface area contributed by atoms with Crippen LogP contribution in [0, 0.1) is 0 Å². The second kappa shape index (κ2) is 8.15. The molecule has 136 valence electrons. The second-order valence-corrected chi connectivity index (χ2v) is 6.55. The number of carbonyl (C=O) groups excluding carboxylic acids is 1. The minimum Gasteiger partial charge on any atom is -0.468 e. The van der Waals surface area contributed by atoms with Crippen LogP contribution in [0.5, 0.6) is 0 Å². The first-order valence-corrected chi connectivity index (χ1v) is 8.77. The van der Waals surface area contributed by atoms with Crippen molar-refractivity contribution in [2.24, 2.45) is 0 Å². The average molecular weight is 346 g/mol. The number of likely N-dealkylation sites (N-methyl/N-ethyl adjacent to an activating group) is 1. The Hall–Kier alpha value is -2.35. The Kier molecular flexibility index (Phi) is 5.70. The third-order valence-corrected chi connectivity index (χ3v) is 4.54. The first kappa shape index (κ1) is 17.5. The standard InChI is InChI=1S/C17H26N6O2/c1-22(2)13(14-7-6-10-25-14)11-18-17(24)19-12-16-21-20-15-8-4-3-5-9-23(15)16/h6-7,10,13H,3-5,8-9,11-12H2,1-2H3,(H2,18,19,24)/t13-/m1/s1. The van der Waals surface area contributed by atoms with Gasteiger partial charge < -0.3 is 19.6 Å². The predicted molar refractivity (Wildman–Crippen MR) is 93.0 cm³/mol. The molecule has 2 aromatic rings. The molecule has 8 heteroatoms. The SMILES string of the molecule is CN(C)[C@H](CNC(=O)NCc1nnc2n1CCCCC2)c1ccco1. The van der Waals surface area contributed by atoms with Crippen LogP contribution in [-0.4, -0.2) is 46.3 Å². The van der Waals surface area contributed by atoms with Crippen molar-refractivity contribution >= 4 is 6.03 Å². The van der Waals surface area contributed by atoms with Crippen molar-refractivity contribution in [3.63, 3.8) is 0 Å². The molecular weight excluding hydrogens is 320 g/mol. The lowest BCUT2D eigenvalue weighted by Crippen LogP contribution is -2.40. The van der Waals surface area contributed by atoms with Crippen LogP contribution in [-0.2, 0) is 19.5 Å². The van der Waals surface area contributed by atoms with E-state index in [1.165, 1.54) is 6.42 Å². The van der Waals surface area contributed by atoms with Gasteiger partial charge in [0.25, 0.3) is 0 Å². The number of urea groups is 1. The maximum absolute atomic E-state index is 12.1. The first-order valence-electron chi connectivity index (χ1n) is 8.77. The van der Waals surface area contributed by atoms with Crippen LogP contribution in [0.25, 0.3) is 0 Å². The molecule has 1 atom stereocenters. The molecule has 0 spiro atoms. The van der Waals surface area contributed by atoms with E-state index in [-0.39, 0.29) is 12.1 Å². The number of hydrogen-bond acceptors (Lipinski definition) is 5. The number of aryl methyl sites for hydroxylation is 1. The zero-order chi connectivity index (χ0) is 17.6. The minimum atomic E-state index is -0.218. The van der Waals surface area contributed by atoms with Crippen LogP contribution in [0.15, 0.2) is 22.8 Å². The Balaban J connectivity index is 1.51. The Morgan fingerprint density at radius 2 is 2.20 bits per heavy atom. The maximum atomic E-state index is 12.1. The quantitative estimate of drug-likeness (QED) is 0.831. The van der Waals surface area contributed by atoms with E-state index in [1.807, 2.05) is 31.1 Å². The highest BCUT2D eigenvalue weighted by atomic mass is 16.3. The van der Waals surface area contributed by atoms with E-state index in [4.69, 9.17) is 4.42 Å². The molecule has 3 heterocycles. The fourth-order valence-electron chi connectivity index (χ4n) is 3.11. The van der Waals surface area contributed by atoms with Crippen LogP contribution in [0.3, 0.4) is 0 Å². The Labute approximate surface area is 147 Å². The highest BCUT2D eigenvalue weighted by molar-refractivity contribution is 5.73. The van der Waals surface area contributed by atoms with Crippen molar-refractivity contribution < 1.29 is 9.21 Å². The van der Waals surface area contributed by atoms with Gasteiger partial charge in [-0.2, -0.15) is 0 Å². The van der Waals surface area contributed by atoms with Gasteiger partial charge in [-0.3, -0.25) is 4.90 Å². The van der Waals surface area contributed by atoms with E-state index in [0.29, 0.717) is 13.1 Å². The van der Waals surface area contributed by atoms with Gasteiger partial charge in [-0.05, 0) is 39.1 Å². The lowest BCUT2D eigenvalue weighted by Gasteiger charge is -2.22. The molecule has 2 aromatic heterocycles. The van der Waals surface area contributed by atoms with Crippen molar-refractivity contribution in [1.29, 1.82) is 0 Å². The van der Waals surface area contributed by atoms with Gasteiger partial charge in [0.15, 0.2) is 5.82 Å². The number of nitrogens with one attached hydrogen (secondary N) is 2. The lowest BCUT2D eigenvalue weighted by atomic mass is 10.2. The summed E-state index contributed by atoms with van der Waals surface area (Å²) in [6, 6.07) is 3.54. The average Bonchev–Trinajstić information content (AvgIpc) is 3.18. The third kappa shape index (κ3) is 4.39. The summed E-state index contributed by atoms with van der Waals surface area (Å²) < 4.78 is 7.58. The summed E-state index contributed by atoms with van der Waals surface area (Å²) in [5.74, 6) is 2.68. The molecule has 8 nitrogen and oxygen atoms in total. The zero-order valence-corrected chi connectivity index (χ0v) is 14.9. The summed E-state index contributed by atoms with van der Waals surface area (Å²) in [6.07, 6.45) is 6.12. The molecule has 0 bridgehead atoms. The molecule has 0 radical (unpaired) electrons. The van der Waals surface area contributed by atoms with Gasteiger partial charge in [-0.1, -0.05) is 6.42 Å². The molecule has 2 amide bonds. The van der Waals surface area contributed by atoms with Crippen LogP contribution in [0.4, 0.5) is 4.79 Å². The molecule has 1 aliphatic rings. The summed E-state index contributed by atoms with van der Waals surface area (Å²) in [4.78, 5) is 14.2. The first-order chi connectivity index (χ1) is 12.1. The number of aromatic nitrogens is 3. The smallest absolute Gasteiger partial charge is 0.315 e. The molecule has 0 fully saturated rings. The molecule has 0 aliphatic carbocycles. The second-order valence-electron chi connectivity index (χ2n) is 6.55. The van der Waals surface area contributed by atoms with Crippen molar-refractivity contribution in [3.05, 3.63) is 35.8 Å². The number of amides is 2. The molecule has 0 saturated carbocycles. The van der Waals surface area contributed by atoms with Gasteiger partial charge in [0.1, 0.15) is 11.6 Å². The highest BCUT2D eigenvalue weighted by Gasteiger charge is 2.18. The minimum absolute atomic E-state index is 0.00915. The fraction of sp³-hybridized carbons (Fsp3) is 0.588. The molecule has 3 rings (SSSR count). The Morgan fingerprint density at radius 3 is 2.96 bits per heavy atom. The van der Waals surface area contributed by atoms with Crippen molar-refractivity contribution in [2.45, 2.75) is 44.8 Å². The normalized spacial score (nSPS) is 15.5. The Morgan fingerprint density at radius 1 is 1.32 bits per heavy atom. The highest BCUT2D eigenvalue weighted by Crippen LogP contribution is 2.17. The van der Waals surface area contributed by atoms with Crippen LogP contribution >= 0.6 is 0 Å². The fourth-order valence-corrected chi connectivity index (χ4v) is 3.11. The van der Waals surface area contributed by atoms with Crippen molar-refractivity contribution in [2.75, 3.05) is 20.6 Å². The van der Waals surface area contributed by atoms with E-state index in [2.05, 4.69) is 25.4 Å². The number of furan rings is 1. The molecule has 0 saturated heterocycles. The van der Waals surface area contributed by atoms with Gasteiger partial charge >= 0.3 is 6.03 Å². The van der Waals surface area contributed by atoms with Crippen molar-refractivity contribution in [3.8, 4) is 0 Å². The Bertz CT molecular complexity index is 679. The number of fused-ring (bicyclic) bond motifs is 1. The predicted octanol–water partition coefficient (Wildman–Crippen LogP) is 1.70. The number of carbonyl (C=O) groups is 1. The van der Waals surface area contributed by atoms with Crippen molar-refractivity contribution in [1.82, 2.24) is 30.3 Å². The van der Waals surface area contributed by atoms with Gasteiger partial charge in [0.05, 0.1) is 18.8 Å². The zero-order valence-electron chi connectivity index (χ0n) is 14.9. The topological polar surface area (TPSA) is 88.2 Å². The summed E-state index contributed by atoms with van der Waals surface area (Å²) in [5.41, 5.74) is 0. The number of nitrogens with zero attached hydrogens (tertiary/aromatic N) is 4. The van der Waals surface area contributed by atoms with Gasteiger partial charge in [0, 0.05) is 19.5 Å². The monoisotopic (exact) mass is 346 g/mol. The molecule has 0 aromatic carbocycles. The molecule has 0 unspecified atom stereocenters. The van der Waals surface area contributed by atoms with E-state index >= 15 is 0 Å². The summed E-state index contributed by atoms with van der Waals surface area (Å²) >= 11 is 0. The van der Waals surface area contributed by atoms with Gasteiger partial charge in [0.2, 0.25) is 0 Å². The summed E-state index contributed by atoms with van der Waals surface area (Å²) in [7, 11) is 3.91. The molecule has 2 N–H and O–H groups in total. The maximum Gasteiger partial charge on any atom is 0.315 e. The lowest BCUT2D eigenvalue weighted by molar-refractivity contribution is 0.224. The van der Waals surface area contributed by atoms with Gasteiger partial charge in [-0.25, -0.2) is 4.79 Å². The van der Waals surface area contributed by atoms with Crippen LogP contribution in [0.2, 0.25) is 0 Å². The molecule has 25 heavy (non-hydrogen) atoms. The largest absolute Gasteiger partial charge is 0.468 e. The van der Waals surface area contributed by atoms with E-state index in [9.17, 15) is 4.79 Å². The summed E-state index contributed by atoms with van der Waals surface area (Å²) in [6.45, 7) is 1.78.